The van der Waals surface area contributed by atoms with Crippen LogP contribution in [0.5, 0.6) is 11.5 Å². The van der Waals surface area contributed by atoms with Crippen LogP contribution in [0.4, 0.5) is 0 Å². The number of ether oxygens (including phenoxy) is 3. The molecular weight excluding hydrogens is 344 g/mol. The minimum atomic E-state index is 0.314. The summed E-state index contributed by atoms with van der Waals surface area (Å²) in [5.74, 6) is 2.53. The lowest BCUT2D eigenvalue weighted by atomic mass is 10.1. The predicted molar refractivity (Wildman–Crippen MR) is 107 cm³/mol. The number of guanidine groups is 1. The summed E-state index contributed by atoms with van der Waals surface area (Å²) in [5.41, 5.74) is 1.22. The van der Waals surface area contributed by atoms with Crippen LogP contribution in [-0.2, 0) is 11.2 Å². The maximum Gasteiger partial charge on any atom is 0.231 e. The van der Waals surface area contributed by atoms with E-state index in [-0.39, 0.29) is 0 Å². The van der Waals surface area contributed by atoms with E-state index in [1.54, 1.807) is 0 Å². The van der Waals surface area contributed by atoms with Gasteiger partial charge in [-0.05, 0) is 44.9 Å². The summed E-state index contributed by atoms with van der Waals surface area (Å²) in [6.45, 7) is 11.9. The normalized spacial score (nSPS) is 21.1. The van der Waals surface area contributed by atoms with Gasteiger partial charge in [-0.3, -0.25) is 9.89 Å². The van der Waals surface area contributed by atoms with Gasteiger partial charge in [-0.15, -0.1) is 0 Å². The Hall–Kier alpha value is -1.99. The third kappa shape index (κ3) is 5.49. The van der Waals surface area contributed by atoms with Crippen LogP contribution >= 0.6 is 0 Å². The number of rotatable bonds is 7. The number of nitrogens with zero attached hydrogens (tertiary/aromatic N) is 2. The lowest BCUT2D eigenvalue weighted by Gasteiger charge is -2.37. The summed E-state index contributed by atoms with van der Waals surface area (Å²) < 4.78 is 16.3. The monoisotopic (exact) mass is 376 g/mol. The van der Waals surface area contributed by atoms with Gasteiger partial charge < -0.3 is 24.8 Å². The molecule has 0 amide bonds. The van der Waals surface area contributed by atoms with Crippen LogP contribution in [0.2, 0.25) is 0 Å². The molecule has 1 fully saturated rings. The molecule has 0 aliphatic carbocycles. The number of morpholine rings is 1. The summed E-state index contributed by atoms with van der Waals surface area (Å²) in [6, 6.07) is 6.96. The summed E-state index contributed by atoms with van der Waals surface area (Å²) in [6.07, 6.45) is 0.900. The minimum absolute atomic E-state index is 0.314. The second-order valence-corrected chi connectivity index (χ2v) is 7.09. The van der Waals surface area contributed by atoms with Crippen molar-refractivity contribution in [2.45, 2.75) is 39.3 Å². The Balaban J connectivity index is 1.48. The Kier molecular flexibility index (Phi) is 7.18. The molecular formula is C20H32N4O3. The highest BCUT2D eigenvalue weighted by Crippen LogP contribution is 2.32. The molecule has 0 aromatic heterocycles. The van der Waals surface area contributed by atoms with Crippen molar-refractivity contribution in [3.63, 3.8) is 0 Å². The average molecular weight is 377 g/mol. The van der Waals surface area contributed by atoms with Crippen molar-refractivity contribution in [2.75, 3.05) is 46.2 Å². The Labute approximate surface area is 162 Å². The third-order valence-corrected chi connectivity index (χ3v) is 4.99. The standard InChI is InChI=1S/C20H32N4O3/c1-4-21-20(23-12-15(2)24-9-10-25-13-16(24)3)22-8-7-17-5-6-18-19(11-17)27-14-26-18/h5-6,11,15-16H,4,7-10,12-14H2,1-3H3,(H2,21,22,23). The van der Waals surface area contributed by atoms with Gasteiger partial charge in [0.2, 0.25) is 6.79 Å². The molecule has 2 aliphatic rings. The molecule has 7 heteroatoms. The SMILES string of the molecule is CCNC(=NCC(C)N1CCOCC1C)NCCc1ccc2c(c1)OCO2. The molecule has 1 aromatic rings. The van der Waals surface area contributed by atoms with E-state index in [1.807, 2.05) is 6.07 Å². The lowest BCUT2D eigenvalue weighted by Crippen LogP contribution is -2.49. The zero-order valence-electron chi connectivity index (χ0n) is 16.7. The Morgan fingerprint density at radius 1 is 1.30 bits per heavy atom. The first kappa shape index (κ1) is 19.8. The quantitative estimate of drug-likeness (QED) is 0.557. The zero-order valence-corrected chi connectivity index (χ0v) is 16.7. The van der Waals surface area contributed by atoms with E-state index >= 15 is 0 Å². The largest absolute Gasteiger partial charge is 0.454 e. The smallest absolute Gasteiger partial charge is 0.231 e. The molecule has 0 saturated carbocycles. The molecule has 2 atom stereocenters. The minimum Gasteiger partial charge on any atom is -0.454 e. The molecule has 3 rings (SSSR count). The van der Waals surface area contributed by atoms with Crippen molar-refractivity contribution in [1.29, 1.82) is 0 Å². The molecule has 1 aromatic carbocycles. The maximum atomic E-state index is 5.53. The number of fused-ring (bicyclic) bond motifs is 1. The molecule has 2 N–H and O–H groups in total. The second-order valence-electron chi connectivity index (χ2n) is 7.09. The van der Waals surface area contributed by atoms with E-state index < -0.39 is 0 Å². The molecule has 0 spiro atoms. The van der Waals surface area contributed by atoms with Crippen LogP contribution in [0, 0.1) is 0 Å². The van der Waals surface area contributed by atoms with E-state index in [0.717, 1.165) is 63.3 Å². The van der Waals surface area contributed by atoms with Gasteiger partial charge in [0.25, 0.3) is 0 Å². The number of benzene rings is 1. The van der Waals surface area contributed by atoms with Crippen molar-refractivity contribution < 1.29 is 14.2 Å². The van der Waals surface area contributed by atoms with Crippen molar-refractivity contribution >= 4 is 5.96 Å². The molecule has 1 saturated heterocycles. The molecule has 150 valence electrons. The van der Waals surface area contributed by atoms with Crippen molar-refractivity contribution in [2.24, 2.45) is 4.99 Å². The van der Waals surface area contributed by atoms with Crippen molar-refractivity contribution in [3.05, 3.63) is 23.8 Å². The topological polar surface area (TPSA) is 67.4 Å². The van der Waals surface area contributed by atoms with Crippen LogP contribution in [0.25, 0.3) is 0 Å². The summed E-state index contributed by atoms with van der Waals surface area (Å²) in [7, 11) is 0. The van der Waals surface area contributed by atoms with Crippen LogP contribution in [0.3, 0.4) is 0 Å². The van der Waals surface area contributed by atoms with E-state index in [2.05, 4.69) is 48.4 Å². The third-order valence-electron chi connectivity index (χ3n) is 4.99. The van der Waals surface area contributed by atoms with Gasteiger partial charge in [-0.2, -0.15) is 0 Å². The molecule has 2 unspecified atom stereocenters. The van der Waals surface area contributed by atoms with Gasteiger partial charge in [0.05, 0.1) is 19.8 Å². The van der Waals surface area contributed by atoms with Crippen LogP contribution in [0.15, 0.2) is 23.2 Å². The van der Waals surface area contributed by atoms with Gasteiger partial charge in [0.1, 0.15) is 0 Å². The number of hydrogen-bond donors (Lipinski definition) is 2. The molecule has 27 heavy (non-hydrogen) atoms. The van der Waals surface area contributed by atoms with Crippen molar-refractivity contribution in [3.8, 4) is 11.5 Å². The van der Waals surface area contributed by atoms with Gasteiger partial charge in [-0.25, -0.2) is 0 Å². The number of nitrogens with one attached hydrogen (secondary N) is 2. The summed E-state index contributed by atoms with van der Waals surface area (Å²) in [4.78, 5) is 7.25. The highest BCUT2D eigenvalue weighted by Gasteiger charge is 2.23. The first-order chi connectivity index (χ1) is 13.2. The Bertz CT molecular complexity index is 638. The maximum absolute atomic E-state index is 5.53. The average Bonchev–Trinajstić information content (AvgIpc) is 3.14. The van der Waals surface area contributed by atoms with Gasteiger partial charge >= 0.3 is 0 Å². The second kappa shape index (κ2) is 9.80. The molecule has 2 heterocycles. The van der Waals surface area contributed by atoms with Gasteiger partial charge in [-0.1, -0.05) is 6.07 Å². The first-order valence-electron chi connectivity index (χ1n) is 9.91. The van der Waals surface area contributed by atoms with Crippen LogP contribution < -0.4 is 20.1 Å². The molecule has 7 nitrogen and oxygen atoms in total. The molecule has 0 bridgehead atoms. The molecule has 0 radical (unpaired) electrons. The Morgan fingerprint density at radius 3 is 2.96 bits per heavy atom. The van der Waals surface area contributed by atoms with E-state index in [1.165, 1.54) is 5.56 Å². The van der Waals surface area contributed by atoms with Gasteiger partial charge in [0.15, 0.2) is 17.5 Å². The highest BCUT2D eigenvalue weighted by atomic mass is 16.7. The summed E-state index contributed by atoms with van der Waals surface area (Å²) in [5, 5.41) is 6.76. The fourth-order valence-electron chi connectivity index (χ4n) is 3.49. The fourth-order valence-corrected chi connectivity index (χ4v) is 3.49. The zero-order chi connectivity index (χ0) is 19.1. The lowest BCUT2D eigenvalue weighted by molar-refractivity contribution is -0.0165. The predicted octanol–water partition coefficient (Wildman–Crippen LogP) is 1.62. The van der Waals surface area contributed by atoms with E-state index in [0.29, 0.717) is 18.9 Å². The van der Waals surface area contributed by atoms with Crippen LogP contribution in [0.1, 0.15) is 26.3 Å². The van der Waals surface area contributed by atoms with Gasteiger partial charge in [0, 0.05) is 31.7 Å². The van der Waals surface area contributed by atoms with E-state index in [9.17, 15) is 0 Å². The Morgan fingerprint density at radius 2 is 2.15 bits per heavy atom. The first-order valence-corrected chi connectivity index (χ1v) is 9.91. The number of hydrogen-bond acceptors (Lipinski definition) is 5. The highest BCUT2D eigenvalue weighted by molar-refractivity contribution is 5.79. The van der Waals surface area contributed by atoms with Crippen LogP contribution in [-0.4, -0.2) is 69.1 Å². The molecule has 2 aliphatic heterocycles. The number of aliphatic imine (C=N–C) groups is 1. The fraction of sp³-hybridized carbons (Fsp3) is 0.650. The summed E-state index contributed by atoms with van der Waals surface area (Å²) >= 11 is 0. The van der Waals surface area contributed by atoms with E-state index in [4.69, 9.17) is 19.2 Å². The van der Waals surface area contributed by atoms with Crippen molar-refractivity contribution in [1.82, 2.24) is 15.5 Å².